The van der Waals surface area contributed by atoms with Crippen molar-refractivity contribution in [3.8, 4) is 33.4 Å². The molecule has 0 spiro atoms. The molecule has 0 saturated carbocycles. The lowest BCUT2D eigenvalue weighted by Crippen LogP contribution is -2.09. The molecule has 0 fully saturated rings. The number of nitrogens with zero attached hydrogens (tertiary/aromatic N) is 1. The van der Waals surface area contributed by atoms with E-state index in [9.17, 15) is 5.48 Å². The first kappa shape index (κ1) is 33.1. The number of rotatable bonds is 6. The van der Waals surface area contributed by atoms with Crippen LogP contribution in [0.25, 0.3) is 109 Å². The van der Waals surface area contributed by atoms with Crippen molar-refractivity contribution >= 4 is 92.5 Å². The molecule has 0 N–H and O–H groups in total. The molecule has 0 aliphatic carbocycles. The fourth-order valence-electron chi connectivity index (χ4n) is 10.3. The highest BCUT2D eigenvalue weighted by atomic mass is 15.1. The number of anilines is 3. The summed E-state index contributed by atoms with van der Waals surface area (Å²) in [5, 5.41) is 15.9. The summed E-state index contributed by atoms with van der Waals surface area (Å²) in [5.74, 6) is 0. The highest BCUT2D eigenvalue weighted by Crippen LogP contribution is 2.47. The van der Waals surface area contributed by atoms with Gasteiger partial charge in [0.25, 0.3) is 0 Å². The Morgan fingerprint density at radius 3 is 1.29 bits per heavy atom. The van der Waals surface area contributed by atoms with Crippen molar-refractivity contribution in [1.29, 1.82) is 0 Å². The summed E-state index contributed by atoms with van der Waals surface area (Å²) >= 11 is 0. The summed E-state index contributed by atoms with van der Waals surface area (Å²) in [6, 6.07) is 77.4. The molecule has 0 saturated heterocycles. The van der Waals surface area contributed by atoms with Gasteiger partial charge in [-0.25, -0.2) is 0 Å². The highest BCUT2D eigenvalue weighted by molar-refractivity contribution is 6.26. The van der Waals surface area contributed by atoms with Crippen LogP contribution in [0.2, 0.25) is 0 Å². The summed E-state index contributed by atoms with van der Waals surface area (Å²) in [6.45, 7) is 0. The van der Waals surface area contributed by atoms with Gasteiger partial charge in [-0.15, -0.1) is 0 Å². The lowest BCUT2D eigenvalue weighted by molar-refractivity contribution is 1.28. The van der Waals surface area contributed by atoms with E-state index in [1.165, 1.54) is 32.3 Å². The quantitative estimate of drug-likeness (QED) is 0.151. The summed E-state index contributed by atoms with van der Waals surface area (Å²) in [4.78, 5) is 1.89. The second-order valence-electron chi connectivity index (χ2n) is 16.9. The molecule has 0 amide bonds. The van der Waals surface area contributed by atoms with Gasteiger partial charge in [0.1, 0.15) is 0 Å². The Balaban J connectivity index is 1.03. The first-order valence-electron chi connectivity index (χ1n) is 24.2. The van der Waals surface area contributed by atoms with Crippen molar-refractivity contribution in [2.24, 2.45) is 0 Å². The maximum Gasteiger partial charge on any atom is 0.0645 e. The van der Waals surface area contributed by atoms with Gasteiger partial charge in [-0.2, -0.15) is 0 Å². The molecule has 0 heterocycles. The Morgan fingerprint density at radius 2 is 0.662 bits per heavy atom. The summed E-state index contributed by atoms with van der Waals surface area (Å²) in [7, 11) is 0. The summed E-state index contributed by atoms with van der Waals surface area (Å²) in [6.07, 6.45) is 0. The topological polar surface area (TPSA) is 3.24 Å². The zero-order chi connectivity index (χ0) is 46.3. The van der Waals surface area contributed by atoms with Crippen LogP contribution in [0.3, 0.4) is 0 Å². The van der Waals surface area contributed by atoms with Gasteiger partial charge in [-0.1, -0.05) is 200 Å². The van der Waals surface area contributed by atoms with E-state index in [0.29, 0.717) is 11.3 Å². The van der Waals surface area contributed by atoms with Crippen molar-refractivity contribution in [3.05, 3.63) is 249 Å². The highest BCUT2D eigenvalue weighted by Gasteiger charge is 2.21. The minimum atomic E-state index is -0.121. The molecule has 0 aliphatic heterocycles. The largest absolute Gasteiger partial charge is 0.310 e. The van der Waals surface area contributed by atoms with Crippen LogP contribution in [0.15, 0.2) is 249 Å². The monoisotopic (exact) mass is 827 g/mol. The number of hydrogen-bond acceptors (Lipinski definition) is 1. The normalized spacial score (nSPS) is 12.6. The Hall–Kier alpha value is -8.52. The fraction of sp³-hybridized carbons (Fsp3) is 0. The maximum absolute atomic E-state index is 9.81. The van der Waals surface area contributed by atoms with E-state index in [2.05, 4.69) is 164 Å². The molecular formula is C64H41N. The maximum atomic E-state index is 9.81. The lowest BCUT2D eigenvalue weighted by Gasteiger charge is -2.27. The van der Waals surface area contributed by atoms with Crippen LogP contribution in [-0.4, -0.2) is 0 Å². The first-order chi connectivity index (χ1) is 33.9. The molecule has 13 aromatic rings. The van der Waals surface area contributed by atoms with Gasteiger partial charge >= 0.3 is 0 Å². The van der Waals surface area contributed by atoms with Crippen LogP contribution in [-0.2, 0) is 0 Å². The van der Waals surface area contributed by atoms with E-state index in [1.54, 1.807) is 0 Å². The molecule has 0 bridgehead atoms. The molecule has 0 unspecified atom stereocenters. The van der Waals surface area contributed by atoms with E-state index >= 15 is 0 Å². The molecule has 65 heavy (non-hydrogen) atoms. The van der Waals surface area contributed by atoms with Gasteiger partial charge in [-0.05, 0) is 157 Å². The minimum Gasteiger partial charge on any atom is -0.310 e. The standard InChI is InChI=1S/C64H41N/c1-2-17-48(18-3-1)65(49-36-33-42(34-37-49)45-35-38-58-54-23-7-6-21-52(54)53-22-8-9-26-57(53)62(58)40-45)50-19-14-16-46(39-50)63-59-27-12-10-24-55(59)56-25-11-13-28-60(56)64(63)47-32-31-44-30-29-43-15-4-5-20-51(43)61(44)41-47/h1-41H/i33D,34D,36D,37D. The Labute approximate surface area is 383 Å². The molecular weight excluding hydrogens is 783 g/mol. The van der Waals surface area contributed by atoms with Gasteiger partial charge in [0.05, 0.1) is 5.48 Å². The van der Waals surface area contributed by atoms with Crippen LogP contribution in [0, 0.1) is 0 Å². The Morgan fingerprint density at radius 1 is 0.231 bits per heavy atom. The van der Waals surface area contributed by atoms with Crippen LogP contribution in [0.5, 0.6) is 0 Å². The van der Waals surface area contributed by atoms with Crippen LogP contribution >= 0.6 is 0 Å². The third-order valence-corrected chi connectivity index (χ3v) is 13.2. The van der Waals surface area contributed by atoms with E-state index in [-0.39, 0.29) is 35.4 Å². The van der Waals surface area contributed by atoms with Crippen molar-refractivity contribution in [1.82, 2.24) is 0 Å². The molecule has 1 heteroatoms. The summed E-state index contributed by atoms with van der Waals surface area (Å²) in [5.41, 5.74) is 6.78. The average Bonchev–Trinajstić information content (AvgIpc) is 3.41. The second-order valence-corrected chi connectivity index (χ2v) is 16.9. The molecule has 13 rings (SSSR count). The van der Waals surface area contributed by atoms with Gasteiger partial charge in [0, 0.05) is 17.1 Å². The third kappa shape index (κ3) is 6.09. The zero-order valence-corrected chi connectivity index (χ0v) is 35.3. The number of fused-ring (bicyclic) bond motifs is 12. The Bertz CT molecular complexity index is 4190. The van der Waals surface area contributed by atoms with Gasteiger partial charge in [-0.3, -0.25) is 0 Å². The number of para-hydroxylation sites is 1. The van der Waals surface area contributed by atoms with Crippen LogP contribution in [0.1, 0.15) is 5.48 Å². The Kier molecular flexibility index (Phi) is 7.68. The minimum absolute atomic E-state index is 0.0980. The lowest BCUT2D eigenvalue weighted by atomic mass is 9.84. The van der Waals surface area contributed by atoms with Crippen LogP contribution in [0.4, 0.5) is 17.1 Å². The number of benzene rings is 13. The average molecular weight is 828 g/mol. The van der Waals surface area contributed by atoms with E-state index in [1.807, 2.05) is 65.6 Å². The molecule has 0 aromatic heterocycles. The second kappa shape index (κ2) is 15.1. The fourth-order valence-corrected chi connectivity index (χ4v) is 10.3. The van der Waals surface area contributed by atoms with Gasteiger partial charge in [0.2, 0.25) is 0 Å². The SMILES string of the molecule is [2H]c1c([2H])c(N(c2ccccc2)c2cccc(-c3c(-c4ccc5ccc6ccccc6c5c4)c4ccccc4c4ccccc34)c2)c([2H])c([2H])c1-c1ccc2c3ccccc3c3ccccc3c2c1. The molecule has 13 aromatic carbocycles. The van der Waals surface area contributed by atoms with Crippen molar-refractivity contribution in [2.75, 3.05) is 4.90 Å². The predicted molar refractivity (Wildman–Crippen MR) is 280 cm³/mol. The number of hydrogen-bond donors (Lipinski definition) is 0. The van der Waals surface area contributed by atoms with E-state index < -0.39 is 0 Å². The summed E-state index contributed by atoms with van der Waals surface area (Å²) < 4.78 is 39.0. The zero-order valence-electron chi connectivity index (χ0n) is 39.3. The van der Waals surface area contributed by atoms with Gasteiger partial charge < -0.3 is 4.90 Å². The van der Waals surface area contributed by atoms with E-state index in [4.69, 9.17) is 0 Å². The van der Waals surface area contributed by atoms with Crippen molar-refractivity contribution < 1.29 is 5.48 Å². The van der Waals surface area contributed by atoms with Crippen molar-refractivity contribution in [3.63, 3.8) is 0 Å². The first-order valence-corrected chi connectivity index (χ1v) is 22.2. The third-order valence-electron chi connectivity index (χ3n) is 13.2. The molecule has 0 atom stereocenters. The van der Waals surface area contributed by atoms with Gasteiger partial charge in [0.15, 0.2) is 0 Å². The molecule has 302 valence electrons. The van der Waals surface area contributed by atoms with Crippen molar-refractivity contribution in [2.45, 2.75) is 0 Å². The van der Waals surface area contributed by atoms with E-state index in [0.717, 1.165) is 71.0 Å². The van der Waals surface area contributed by atoms with Crippen LogP contribution < -0.4 is 4.90 Å². The molecule has 0 aliphatic rings. The smallest absolute Gasteiger partial charge is 0.0645 e. The molecule has 1 nitrogen and oxygen atoms in total. The molecule has 0 radical (unpaired) electrons. The predicted octanol–water partition coefficient (Wildman–Crippen LogP) is 18.2.